The Morgan fingerprint density at radius 3 is 2.00 bits per heavy atom. The Morgan fingerprint density at radius 1 is 1.00 bits per heavy atom. The van der Waals surface area contributed by atoms with Gasteiger partial charge < -0.3 is 4.74 Å². The molecule has 0 spiro atoms. The van der Waals surface area contributed by atoms with Crippen molar-refractivity contribution in [3.05, 3.63) is 47.7 Å². The zero-order chi connectivity index (χ0) is 19.9. The van der Waals surface area contributed by atoms with Gasteiger partial charge in [0.05, 0.1) is 0 Å². The summed E-state index contributed by atoms with van der Waals surface area (Å²) in [6.45, 7) is 5.21. The van der Waals surface area contributed by atoms with E-state index in [0.29, 0.717) is 11.6 Å². The molecule has 1 aromatic heterocycles. The van der Waals surface area contributed by atoms with Crippen molar-refractivity contribution in [3.63, 3.8) is 0 Å². The van der Waals surface area contributed by atoms with Crippen molar-refractivity contribution in [3.8, 4) is 11.5 Å². The summed E-state index contributed by atoms with van der Waals surface area (Å²) >= 11 is 0. The van der Waals surface area contributed by atoms with Crippen molar-refractivity contribution in [2.45, 2.75) is 36.7 Å². The normalized spacial score (nSPS) is 12.9. The zero-order valence-electron chi connectivity index (χ0n) is 13.9. The number of pyridine rings is 1. The standard InChI is InChI=1S/C16H14F5NO3S/c1-15(2,3)9-6-11(17)14(12(18)7-9)25-10-4-5-22-13(8-10)26(23,24)16(19,20)21/h4-8H,1-3H3. The number of sulfone groups is 1. The monoisotopic (exact) mass is 395 g/mol. The molecular formula is C16H14F5NO3S. The minimum Gasteiger partial charge on any atom is -0.451 e. The van der Waals surface area contributed by atoms with Crippen molar-refractivity contribution >= 4 is 9.84 Å². The van der Waals surface area contributed by atoms with Crippen molar-refractivity contribution in [1.82, 2.24) is 4.98 Å². The van der Waals surface area contributed by atoms with Crippen LogP contribution in [0.15, 0.2) is 35.5 Å². The molecular weight excluding hydrogens is 381 g/mol. The van der Waals surface area contributed by atoms with Gasteiger partial charge in [0.25, 0.3) is 9.84 Å². The Balaban J connectivity index is 2.44. The lowest BCUT2D eigenvalue weighted by atomic mass is 9.87. The summed E-state index contributed by atoms with van der Waals surface area (Å²) in [7, 11) is -5.72. The molecule has 0 radical (unpaired) electrons. The summed E-state index contributed by atoms with van der Waals surface area (Å²) in [6.07, 6.45) is 0.729. The van der Waals surface area contributed by atoms with E-state index in [1.54, 1.807) is 20.8 Å². The summed E-state index contributed by atoms with van der Waals surface area (Å²) in [5, 5.41) is -1.34. The Kier molecular flexibility index (Phi) is 5.02. The second kappa shape index (κ2) is 6.49. The number of rotatable bonds is 3. The van der Waals surface area contributed by atoms with Gasteiger partial charge in [-0.15, -0.1) is 0 Å². The van der Waals surface area contributed by atoms with Crippen LogP contribution in [0, 0.1) is 11.6 Å². The van der Waals surface area contributed by atoms with E-state index < -0.39 is 48.9 Å². The number of alkyl halides is 3. The molecule has 2 aromatic rings. The van der Waals surface area contributed by atoms with Gasteiger partial charge in [0.1, 0.15) is 5.75 Å². The van der Waals surface area contributed by atoms with Crippen LogP contribution in [0.5, 0.6) is 11.5 Å². The van der Waals surface area contributed by atoms with Gasteiger partial charge in [0.15, 0.2) is 22.4 Å². The van der Waals surface area contributed by atoms with Gasteiger partial charge in [-0.3, -0.25) is 0 Å². The molecule has 0 saturated carbocycles. The molecule has 2 rings (SSSR count). The maximum absolute atomic E-state index is 14.2. The molecule has 0 bridgehead atoms. The van der Waals surface area contributed by atoms with Crippen LogP contribution in [0.4, 0.5) is 22.0 Å². The number of aromatic nitrogens is 1. The highest BCUT2D eigenvalue weighted by molar-refractivity contribution is 7.92. The van der Waals surface area contributed by atoms with Crippen LogP contribution in [0.2, 0.25) is 0 Å². The number of benzene rings is 1. The SMILES string of the molecule is CC(C)(C)c1cc(F)c(Oc2ccnc(S(=O)(=O)C(F)(F)F)c2)c(F)c1. The zero-order valence-corrected chi connectivity index (χ0v) is 14.7. The van der Waals surface area contributed by atoms with Crippen molar-refractivity contribution < 1.29 is 35.1 Å². The molecule has 0 amide bonds. The topological polar surface area (TPSA) is 56.3 Å². The van der Waals surface area contributed by atoms with Gasteiger partial charge >= 0.3 is 5.51 Å². The fraction of sp³-hybridized carbons (Fsp3) is 0.312. The van der Waals surface area contributed by atoms with Gasteiger partial charge in [-0.2, -0.15) is 13.2 Å². The highest BCUT2D eigenvalue weighted by Crippen LogP contribution is 2.34. The van der Waals surface area contributed by atoms with Gasteiger partial charge in [0.2, 0.25) is 0 Å². The highest BCUT2D eigenvalue weighted by Gasteiger charge is 2.48. The molecule has 10 heteroatoms. The minimum atomic E-state index is -5.72. The summed E-state index contributed by atoms with van der Waals surface area (Å²) in [4.78, 5) is 3.13. The van der Waals surface area contributed by atoms with Crippen LogP contribution < -0.4 is 4.74 Å². The summed E-state index contributed by atoms with van der Waals surface area (Å²) in [6, 6.07) is 3.49. The smallest absolute Gasteiger partial charge is 0.451 e. The first-order valence-corrected chi connectivity index (χ1v) is 8.66. The largest absolute Gasteiger partial charge is 0.503 e. The third kappa shape index (κ3) is 3.95. The predicted molar refractivity (Wildman–Crippen MR) is 82.6 cm³/mol. The third-order valence-corrected chi connectivity index (χ3v) is 4.75. The Morgan fingerprint density at radius 2 is 1.54 bits per heavy atom. The first kappa shape index (κ1) is 20.1. The van der Waals surface area contributed by atoms with E-state index in [4.69, 9.17) is 4.74 Å². The molecule has 0 unspecified atom stereocenters. The lowest BCUT2D eigenvalue weighted by molar-refractivity contribution is -0.0438. The molecule has 0 aliphatic rings. The molecule has 0 saturated heterocycles. The molecule has 0 N–H and O–H groups in total. The van der Waals surface area contributed by atoms with E-state index in [1.807, 2.05) is 0 Å². The van der Waals surface area contributed by atoms with Crippen molar-refractivity contribution in [1.29, 1.82) is 0 Å². The maximum Gasteiger partial charge on any atom is 0.503 e. The minimum absolute atomic E-state index is 0.343. The second-order valence-electron chi connectivity index (χ2n) is 6.40. The Labute approximate surface area is 146 Å². The number of ether oxygens (including phenoxy) is 1. The number of nitrogens with zero attached hydrogens (tertiary/aromatic N) is 1. The molecule has 4 nitrogen and oxygen atoms in total. The van der Waals surface area contributed by atoms with Gasteiger partial charge in [-0.05, 0) is 29.2 Å². The third-order valence-electron chi connectivity index (χ3n) is 3.37. The molecule has 142 valence electrons. The number of hydrogen-bond acceptors (Lipinski definition) is 4. The van der Waals surface area contributed by atoms with E-state index in [-0.39, 0.29) is 0 Å². The first-order chi connectivity index (χ1) is 11.7. The highest BCUT2D eigenvalue weighted by atomic mass is 32.2. The van der Waals surface area contributed by atoms with Crippen LogP contribution in [-0.4, -0.2) is 18.9 Å². The van der Waals surface area contributed by atoms with E-state index in [1.165, 1.54) is 0 Å². The van der Waals surface area contributed by atoms with E-state index in [2.05, 4.69) is 4.98 Å². The Hall–Kier alpha value is -2.23. The van der Waals surface area contributed by atoms with E-state index in [0.717, 1.165) is 24.4 Å². The predicted octanol–water partition coefficient (Wildman–Crippen LogP) is 4.74. The molecule has 1 heterocycles. The second-order valence-corrected chi connectivity index (χ2v) is 8.29. The fourth-order valence-corrected chi connectivity index (χ4v) is 2.64. The van der Waals surface area contributed by atoms with Gasteiger partial charge in [-0.1, -0.05) is 20.8 Å². The van der Waals surface area contributed by atoms with E-state index >= 15 is 0 Å². The molecule has 1 aromatic carbocycles. The Bertz CT molecular complexity index is 911. The maximum atomic E-state index is 14.2. The summed E-state index contributed by atoms with van der Waals surface area (Å²) in [5.74, 6) is -3.53. The summed E-state index contributed by atoms with van der Waals surface area (Å²) in [5.41, 5.74) is -5.77. The molecule has 26 heavy (non-hydrogen) atoms. The fourth-order valence-electron chi connectivity index (χ4n) is 1.93. The molecule has 0 aliphatic heterocycles. The number of halogens is 5. The summed E-state index contributed by atoms with van der Waals surface area (Å²) < 4.78 is 93.7. The van der Waals surface area contributed by atoms with Crippen LogP contribution in [0.25, 0.3) is 0 Å². The number of hydrogen-bond donors (Lipinski definition) is 0. The molecule has 0 fully saturated rings. The molecule has 0 aliphatic carbocycles. The lowest BCUT2D eigenvalue weighted by Gasteiger charge is -2.20. The van der Waals surface area contributed by atoms with E-state index in [9.17, 15) is 30.4 Å². The van der Waals surface area contributed by atoms with Crippen LogP contribution >= 0.6 is 0 Å². The quantitative estimate of drug-likeness (QED) is 0.705. The van der Waals surface area contributed by atoms with Crippen LogP contribution in [-0.2, 0) is 15.3 Å². The first-order valence-electron chi connectivity index (χ1n) is 7.18. The van der Waals surface area contributed by atoms with Crippen LogP contribution in [0.3, 0.4) is 0 Å². The van der Waals surface area contributed by atoms with Crippen LogP contribution in [0.1, 0.15) is 26.3 Å². The molecule has 0 atom stereocenters. The lowest BCUT2D eigenvalue weighted by Crippen LogP contribution is -2.24. The van der Waals surface area contributed by atoms with Gasteiger partial charge in [0, 0.05) is 12.3 Å². The average molecular weight is 395 g/mol. The average Bonchev–Trinajstić information content (AvgIpc) is 2.49. The van der Waals surface area contributed by atoms with Crippen molar-refractivity contribution in [2.24, 2.45) is 0 Å². The van der Waals surface area contributed by atoms with Crippen molar-refractivity contribution in [2.75, 3.05) is 0 Å². The van der Waals surface area contributed by atoms with Gasteiger partial charge in [-0.25, -0.2) is 22.2 Å².